The minimum absolute atomic E-state index is 0.111. The number of carbonyl (C=O) groups is 2. The van der Waals surface area contributed by atoms with E-state index >= 15 is 0 Å². The Labute approximate surface area is 169 Å². The molecule has 0 aliphatic carbocycles. The largest absolute Gasteiger partial charge is 0.354 e. The number of carbonyl (C=O) groups excluding carboxylic acids is 2. The van der Waals surface area contributed by atoms with Gasteiger partial charge in [-0.25, -0.2) is 18.7 Å². The van der Waals surface area contributed by atoms with Crippen LogP contribution in [-0.4, -0.2) is 26.3 Å². The van der Waals surface area contributed by atoms with Crippen molar-refractivity contribution >= 4 is 29.2 Å². The van der Waals surface area contributed by atoms with Crippen LogP contribution in [-0.2, 0) is 24.4 Å². The molecule has 4 rings (SSSR count). The Bertz CT molecular complexity index is 1140. The number of aromatic nitrogens is 3. The van der Waals surface area contributed by atoms with E-state index in [1.165, 1.54) is 17.0 Å². The number of benzene rings is 2. The van der Waals surface area contributed by atoms with E-state index < -0.39 is 17.6 Å². The summed E-state index contributed by atoms with van der Waals surface area (Å²) in [5.41, 5.74) is 0.625. The van der Waals surface area contributed by atoms with Gasteiger partial charge in [0.2, 0.25) is 5.91 Å². The predicted molar refractivity (Wildman–Crippen MR) is 103 cm³/mol. The fourth-order valence-corrected chi connectivity index (χ4v) is 3.12. The van der Waals surface area contributed by atoms with Crippen LogP contribution in [0.25, 0.3) is 0 Å². The molecule has 148 valence electrons. The van der Waals surface area contributed by atoms with Crippen molar-refractivity contribution in [1.29, 1.82) is 0 Å². The van der Waals surface area contributed by atoms with Crippen LogP contribution in [0.4, 0.5) is 14.9 Å². The maximum atomic E-state index is 12.9. The molecule has 1 aliphatic rings. The van der Waals surface area contributed by atoms with Crippen molar-refractivity contribution in [2.24, 2.45) is 0 Å². The highest BCUT2D eigenvalue weighted by Gasteiger charge is 2.33. The van der Waals surface area contributed by atoms with Crippen LogP contribution in [0.2, 0.25) is 5.02 Å². The van der Waals surface area contributed by atoms with Crippen molar-refractivity contribution in [1.82, 2.24) is 19.7 Å². The lowest BCUT2D eigenvalue weighted by molar-refractivity contribution is -0.122. The van der Waals surface area contributed by atoms with E-state index in [1.54, 1.807) is 36.4 Å². The molecule has 1 aliphatic heterocycles. The van der Waals surface area contributed by atoms with Crippen molar-refractivity contribution in [2.45, 2.75) is 19.6 Å². The van der Waals surface area contributed by atoms with Crippen LogP contribution in [0.1, 0.15) is 11.4 Å². The van der Waals surface area contributed by atoms with Gasteiger partial charge >= 0.3 is 11.7 Å². The second-order valence-electron chi connectivity index (χ2n) is 6.44. The second-order valence-corrected chi connectivity index (χ2v) is 6.88. The normalized spacial score (nSPS) is 12.9. The highest BCUT2D eigenvalue weighted by atomic mass is 35.5. The van der Waals surface area contributed by atoms with Crippen molar-refractivity contribution in [2.75, 3.05) is 4.90 Å². The van der Waals surface area contributed by atoms with Crippen molar-refractivity contribution in [3.05, 3.63) is 81.2 Å². The summed E-state index contributed by atoms with van der Waals surface area (Å²) in [6.07, 6.45) is 0. The zero-order chi connectivity index (χ0) is 20.5. The Morgan fingerprint density at radius 3 is 2.45 bits per heavy atom. The molecule has 29 heavy (non-hydrogen) atoms. The molecule has 2 aromatic carbocycles. The summed E-state index contributed by atoms with van der Waals surface area (Å²) in [6.45, 7) is -0.0289. The second kappa shape index (κ2) is 7.51. The Morgan fingerprint density at radius 1 is 1.10 bits per heavy atom. The first-order valence-electron chi connectivity index (χ1n) is 8.69. The van der Waals surface area contributed by atoms with E-state index in [4.69, 9.17) is 11.6 Å². The number of amides is 2. The highest BCUT2D eigenvalue weighted by Crippen LogP contribution is 2.23. The molecule has 1 aromatic heterocycles. The number of anilines is 1. The lowest BCUT2D eigenvalue weighted by Gasteiger charge is -2.14. The first-order valence-corrected chi connectivity index (χ1v) is 9.07. The molecule has 0 saturated carbocycles. The minimum atomic E-state index is -0.682. The maximum Gasteiger partial charge on any atom is 0.354 e. The zero-order valence-electron chi connectivity index (χ0n) is 15.0. The van der Waals surface area contributed by atoms with Gasteiger partial charge in [0.1, 0.15) is 12.4 Å². The fraction of sp³-hybridized carbons (Fsp3) is 0.158. The Balaban J connectivity index is 1.43. The molecule has 3 aromatic rings. The molecule has 1 N–H and O–H groups in total. The van der Waals surface area contributed by atoms with E-state index in [1.807, 2.05) is 0 Å². The molecule has 2 heterocycles. The molecular formula is C19H15ClFN5O3. The summed E-state index contributed by atoms with van der Waals surface area (Å²) in [7, 11) is 0. The van der Waals surface area contributed by atoms with E-state index in [0.29, 0.717) is 16.3 Å². The van der Waals surface area contributed by atoms with Crippen LogP contribution in [0.5, 0.6) is 0 Å². The first-order chi connectivity index (χ1) is 13.9. The maximum absolute atomic E-state index is 12.9. The fourth-order valence-electron chi connectivity index (χ4n) is 3.00. The van der Waals surface area contributed by atoms with Crippen LogP contribution in [0.3, 0.4) is 0 Å². The molecule has 0 radical (unpaired) electrons. The summed E-state index contributed by atoms with van der Waals surface area (Å²) in [5.74, 6) is -0.562. The van der Waals surface area contributed by atoms with Crippen LogP contribution in [0, 0.1) is 5.82 Å². The Morgan fingerprint density at radius 2 is 1.79 bits per heavy atom. The van der Waals surface area contributed by atoms with Gasteiger partial charge in [-0.1, -0.05) is 23.7 Å². The minimum Gasteiger partial charge on any atom is -0.350 e. The van der Waals surface area contributed by atoms with E-state index in [2.05, 4.69) is 10.4 Å². The molecule has 2 amide bonds. The number of nitrogens with one attached hydrogen (secondary N) is 1. The number of halogens is 2. The summed E-state index contributed by atoms with van der Waals surface area (Å²) in [5, 5.41) is 7.27. The van der Waals surface area contributed by atoms with Gasteiger partial charge in [-0.2, -0.15) is 9.67 Å². The smallest absolute Gasteiger partial charge is 0.350 e. The number of fused-ring (bicyclic) bond motifs is 1. The highest BCUT2D eigenvalue weighted by molar-refractivity contribution is 6.30. The number of hydrogen-bond acceptors (Lipinski definition) is 4. The summed E-state index contributed by atoms with van der Waals surface area (Å²) < 4.78 is 14.8. The standard InChI is InChI=1S/C19H15ClFN5O3/c20-13-3-7-15(8-4-13)24-10-16-23-25(19(29)26(16)18(24)28)11-17(27)22-9-12-1-5-14(21)6-2-12/h1-8H,9-11H2,(H,22,27). The SMILES string of the molecule is O=C(Cn1nc2n(c1=O)C(=O)N(c1ccc(Cl)cc1)C2)NCc1ccc(F)cc1. The quantitative estimate of drug-likeness (QED) is 0.691. The summed E-state index contributed by atoms with van der Waals surface area (Å²) >= 11 is 5.86. The van der Waals surface area contributed by atoms with Gasteiger partial charge in [-0.15, -0.1) is 0 Å². The van der Waals surface area contributed by atoms with Crippen LogP contribution >= 0.6 is 11.6 Å². The molecule has 0 bridgehead atoms. The van der Waals surface area contributed by atoms with Crippen LogP contribution < -0.4 is 15.9 Å². The van der Waals surface area contributed by atoms with Crippen molar-refractivity contribution < 1.29 is 14.0 Å². The van der Waals surface area contributed by atoms with Gasteiger partial charge in [-0.3, -0.25) is 9.69 Å². The molecule has 0 atom stereocenters. The molecule has 0 unspecified atom stereocenters. The Kier molecular flexibility index (Phi) is 4.89. The third-order valence-corrected chi connectivity index (χ3v) is 4.71. The van der Waals surface area contributed by atoms with Gasteiger partial charge in [0.05, 0.1) is 6.54 Å². The van der Waals surface area contributed by atoms with Gasteiger partial charge in [0.15, 0.2) is 5.82 Å². The third-order valence-electron chi connectivity index (χ3n) is 4.46. The first kappa shape index (κ1) is 18.9. The third kappa shape index (κ3) is 3.77. The average Bonchev–Trinajstić information content (AvgIpc) is 3.18. The van der Waals surface area contributed by atoms with Crippen molar-refractivity contribution in [3.8, 4) is 0 Å². The molecule has 10 heteroatoms. The Hall–Kier alpha value is -3.46. The summed E-state index contributed by atoms with van der Waals surface area (Å²) in [4.78, 5) is 38.7. The monoisotopic (exact) mass is 415 g/mol. The van der Waals surface area contributed by atoms with E-state index in [9.17, 15) is 18.8 Å². The molecule has 0 fully saturated rings. The lowest BCUT2D eigenvalue weighted by Crippen LogP contribution is -2.37. The van der Waals surface area contributed by atoms with Gasteiger partial charge in [0.25, 0.3) is 0 Å². The molecule has 8 nitrogen and oxygen atoms in total. The lowest BCUT2D eigenvalue weighted by atomic mass is 10.2. The van der Waals surface area contributed by atoms with Gasteiger partial charge < -0.3 is 5.32 Å². The summed E-state index contributed by atoms with van der Waals surface area (Å²) in [6, 6.07) is 11.8. The number of rotatable bonds is 5. The van der Waals surface area contributed by atoms with E-state index in [0.717, 1.165) is 9.25 Å². The average molecular weight is 416 g/mol. The van der Waals surface area contributed by atoms with Gasteiger partial charge in [-0.05, 0) is 42.0 Å². The molecule has 0 saturated heterocycles. The number of nitrogens with zero attached hydrogens (tertiary/aromatic N) is 4. The van der Waals surface area contributed by atoms with Crippen molar-refractivity contribution in [3.63, 3.8) is 0 Å². The topological polar surface area (TPSA) is 89.2 Å². The predicted octanol–water partition coefficient (Wildman–Crippen LogP) is 2.14. The van der Waals surface area contributed by atoms with E-state index in [-0.39, 0.29) is 31.3 Å². The molecule has 0 spiro atoms. The van der Waals surface area contributed by atoms with Crippen LogP contribution in [0.15, 0.2) is 53.3 Å². The zero-order valence-corrected chi connectivity index (χ0v) is 15.8. The molecular weight excluding hydrogens is 401 g/mol. The number of hydrogen-bond donors (Lipinski definition) is 1. The van der Waals surface area contributed by atoms with Gasteiger partial charge in [0, 0.05) is 17.3 Å².